The highest BCUT2D eigenvalue weighted by Crippen LogP contribution is 2.67. The Morgan fingerprint density at radius 2 is 1.78 bits per heavy atom. The summed E-state index contributed by atoms with van der Waals surface area (Å²) in [4.78, 5) is 26.3. The monoisotopic (exact) mass is 694 g/mol. The van der Waals surface area contributed by atoms with Gasteiger partial charge in [-0.05, 0) is 109 Å². The number of hydrogen-bond acceptors (Lipinski definition) is 6. The van der Waals surface area contributed by atoms with Crippen LogP contribution >= 0.6 is 0 Å². The highest BCUT2D eigenvalue weighted by molar-refractivity contribution is 5.84. The molecule has 0 spiro atoms. The van der Waals surface area contributed by atoms with Crippen LogP contribution in [-0.2, 0) is 9.53 Å². The van der Waals surface area contributed by atoms with Crippen LogP contribution in [0.1, 0.15) is 105 Å². The van der Waals surface area contributed by atoms with Crippen LogP contribution < -0.4 is 14.9 Å². The van der Waals surface area contributed by atoms with E-state index in [2.05, 4.69) is 40.7 Å². The smallest absolute Gasteiger partial charge is 0.344 e. The summed E-state index contributed by atoms with van der Waals surface area (Å²) in [5, 5.41) is 0.434. The summed E-state index contributed by atoms with van der Waals surface area (Å²) in [5.74, 6) is 5.57. The van der Waals surface area contributed by atoms with Crippen LogP contribution in [0.4, 0.5) is 0 Å². The van der Waals surface area contributed by atoms with Gasteiger partial charge in [0, 0.05) is 18.1 Å². The lowest BCUT2D eigenvalue weighted by Crippen LogP contribution is -2.51. The second kappa shape index (κ2) is 14.5. The number of fused-ring (bicyclic) bond motifs is 6. The number of carbonyl (C=O) groups excluding carboxylic acids is 1. The minimum absolute atomic E-state index is 0.114. The summed E-state index contributed by atoms with van der Waals surface area (Å²) in [6, 6.07) is 12.4. The van der Waals surface area contributed by atoms with Gasteiger partial charge < -0.3 is 18.6 Å². The van der Waals surface area contributed by atoms with Gasteiger partial charge in [0.1, 0.15) is 29.4 Å². The first-order chi connectivity index (χ1) is 24.5. The van der Waals surface area contributed by atoms with E-state index in [0.29, 0.717) is 39.0 Å². The van der Waals surface area contributed by atoms with Gasteiger partial charge in [-0.25, -0.2) is 4.79 Å². The Morgan fingerprint density at radius 3 is 2.59 bits per heavy atom. The minimum Gasteiger partial charge on any atom is -0.496 e. The van der Waals surface area contributed by atoms with Crippen LogP contribution in [0, 0.1) is 46.3 Å². The van der Waals surface area contributed by atoms with Gasteiger partial charge in [0.2, 0.25) is 5.43 Å². The van der Waals surface area contributed by atoms with E-state index in [0.717, 1.165) is 54.8 Å². The van der Waals surface area contributed by atoms with Crippen molar-refractivity contribution < 1.29 is 23.4 Å². The molecule has 3 fully saturated rings. The van der Waals surface area contributed by atoms with E-state index in [1.165, 1.54) is 63.2 Å². The fourth-order valence-corrected chi connectivity index (χ4v) is 11.4. The topological polar surface area (TPSA) is 75.0 Å². The van der Waals surface area contributed by atoms with E-state index in [9.17, 15) is 9.59 Å². The number of ether oxygens (including phenoxy) is 3. The zero-order valence-corrected chi connectivity index (χ0v) is 31.7. The molecule has 7 rings (SSSR count). The molecule has 6 nitrogen and oxygen atoms in total. The molecule has 0 aliphatic heterocycles. The van der Waals surface area contributed by atoms with Crippen LogP contribution in [-0.4, -0.2) is 25.8 Å². The molecule has 1 aromatic heterocycles. The first kappa shape index (κ1) is 35.8. The van der Waals surface area contributed by atoms with Crippen LogP contribution in [0.2, 0.25) is 0 Å². The molecule has 0 saturated heterocycles. The number of esters is 1. The van der Waals surface area contributed by atoms with Crippen molar-refractivity contribution >= 4 is 16.9 Å². The SMILES string of the molecule is COc1ccccc1-c1coc2cc(OCC(=O)O[C@@H]3CC[C@]4(C)C(=CC[C@H]5[C@@H]6CC[C@H]([C@H](C)CCCC(C)C)[C@@]6(C)CC[C@@H]54)C3)ccc2c1=O. The largest absolute Gasteiger partial charge is 0.496 e. The van der Waals surface area contributed by atoms with Crippen molar-refractivity contribution in [2.75, 3.05) is 13.7 Å². The van der Waals surface area contributed by atoms with Gasteiger partial charge in [-0.2, -0.15) is 0 Å². The third-order valence-corrected chi connectivity index (χ3v) is 14.1. The highest BCUT2D eigenvalue weighted by Gasteiger charge is 2.59. The van der Waals surface area contributed by atoms with E-state index in [4.69, 9.17) is 18.6 Å². The first-order valence-corrected chi connectivity index (χ1v) is 19.7. The van der Waals surface area contributed by atoms with Gasteiger partial charge in [0.25, 0.3) is 0 Å². The average Bonchev–Trinajstić information content (AvgIpc) is 3.48. The third kappa shape index (κ3) is 6.77. The van der Waals surface area contributed by atoms with Gasteiger partial charge in [-0.15, -0.1) is 0 Å². The van der Waals surface area contributed by atoms with Crippen molar-refractivity contribution in [1.82, 2.24) is 0 Å². The molecule has 0 bridgehead atoms. The lowest BCUT2D eigenvalue weighted by molar-refractivity contribution is -0.153. The lowest BCUT2D eigenvalue weighted by Gasteiger charge is -2.58. The van der Waals surface area contributed by atoms with E-state index >= 15 is 0 Å². The van der Waals surface area contributed by atoms with Crippen molar-refractivity contribution in [3.05, 3.63) is 70.6 Å². The van der Waals surface area contributed by atoms with E-state index in [1.54, 1.807) is 25.3 Å². The Kier molecular flexibility index (Phi) is 10.2. The van der Waals surface area contributed by atoms with Crippen molar-refractivity contribution in [1.29, 1.82) is 0 Å². The maximum absolute atomic E-state index is 13.3. The van der Waals surface area contributed by atoms with Crippen LogP contribution in [0.25, 0.3) is 22.1 Å². The summed E-state index contributed by atoms with van der Waals surface area (Å²) in [5.41, 5.74) is 3.56. The summed E-state index contributed by atoms with van der Waals surface area (Å²) in [7, 11) is 1.58. The van der Waals surface area contributed by atoms with Crippen molar-refractivity contribution in [3.63, 3.8) is 0 Å². The average molecular weight is 695 g/mol. The molecule has 0 radical (unpaired) electrons. The zero-order chi connectivity index (χ0) is 35.9. The Labute approximate surface area is 304 Å². The van der Waals surface area contributed by atoms with Gasteiger partial charge in [-0.3, -0.25) is 4.79 Å². The normalized spacial score (nSPS) is 30.6. The fourth-order valence-electron chi connectivity index (χ4n) is 11.4. The maximum atomic E-state index is 13.3. The van der Waals surface area contributed by atoms with Crippen LogP contribution in [0.5, 0.6) is 11.5 Å². The molecular formula is C45H58O6. The minimum atomic E-state index is -0.362. The Bertz CT molecular complexity index is 1820. The Morgan fingerprint density at radius 1 is 0.961 bits per heavy atom. The maximum Gasteiger partial charge on any atom is 0.344 e. The lowest BCUT2D eigenvalue weighted by atomic mass is 9.47. The number of carbonyl (C=O) groups is 1. The van der Waals surface area contributed by atoms with E-state index in [1.807, 2.05) is 24.3 Å². The number of methoxy groups -OCH3 is 1. The van der Waals surface area contributed by atoms with Gasteiger partial charge in [0.15, 0.2) is 6.61 Å². The van der Waals surface area contributed by atoms with Crippen LogP contribution in [0.15, 0.2) is 69.6 Å². The molecule has 8 atom stereocenters. The molecule has 51 heavy (non-hydrogen) atoms. The van der Waals surface area contributed by atoms with Gasteiger partial charge in [-0.1, -0.05) is 83.7 Å². The number of hydrogen-bond donors (Lipinski definition) is 0. The second-order valence-electron chi connectivity index (χ2n) is 17.3. The van der Waals surface area contributed by atoms with Gasteiger partial charge in [0.05, 0.1) is 18.1 Å². The molecule has 0 amide bonds. The molecular weight excluding hydrogens is 636 g/mol. The summed E-state index contributed by atoms with van der Waals surface area (Å²) in [6.07, 6.45) is 17.6. The summed E-state index contributed by atoms with van der Waals surface area (Å²) < 4.78 is 23.2. The number of rotatable bonds is 11. The zero-order valence-electron chi connectivity index (χ0n) is 31.7. The molecule has 274 valence electrons. The molecule has 0 unspecified atom stereocenters. The van der Waals surface area contributed by atoms with Gasteiger partial charge >= 0.3 is 5.97 Å². The molecule has 0 N–H and O–H groups in total. The molecule has 6 heteroatoms. The first-order valence-electron chi connectivity index (χ1n) is 19.7. The predicted octanol–water partition coefficient (Wildman–Crippen LogP) is 10.8. The van der Waals surface area contributed by atoms with E-state index in [-0.39, 0.29) is 29.5 Å². The van der Waals surface area contributed by atoms with Crippen molar-refractivity contribution in [3.8, 4) is 22.6 Å². The standard InChI is InChI=1S/C45H58O6/c1-28(2)10-9-11-29(3)37-18-19-38-34-16-14-30-24-32(20-22-44(30,4)39(34)21-23-45(37,38)5)51-42(46)27-49-31-15-17-35-41(25-31)50-26-36(43(35)47)33-12-7-8-13-40(33)48-6/h7-8,12-15,17,25-26,28-29,32,34,37-39H,9-11,16,18-24,27H2,1-6H3/t29-,32-,34+,37-,38+,39+,44-,45-/m1/s1. The molecule has 4 aliphatic rings. The molecule has 3 saturated carbocycles. The quantitative estimate of drug-likeness (QED) is 0.147. The fraction of sp³-hybridized carbons (Fsp3) is 0.600. The molecule has 2 aromatic carbocycles. The Hall–Kier alpha value is -3.54. The molecule has 1 heterocycles. The predicted molar refractivity (Wildman–Crippen MR) is 203 cm³/mol. The van der Waals surface area contributed by atoms with Crippen LogP contribution in [0.3, 0.4) is 0 Å². The summed E-state index contributed by atoms with van der Waals surface area (Å²) >= 11 is 0. The summed E-state index contributed by atoms with van der Waals surface area (Å²) in [6.45, 7) is 12.3. The van der Waals surface area contributed by atoms with E-state index < -0.39 is 0 Å². The number of benzene rings is 2. The Balaban J connectivity index is 0.950. The highest BCUT2D eigenvalue weighted by atomic mass is 16.6. The van der Waals surface area contributed by atoms with Crippen molar-refractivity contribution in [2.45, 2.75) is 111 Å². The molecule has 4 aliphatic carbocycles. The second-order valence-corrected chi connectivity index (χ2v) is 17.3. The molecule has 3 aromatic rings. The third-order valence-electron chi connectivity index (χ3n) is 14.1. The number of allylic oxidation sites excluding steroid dienone is 1. The van der Waals surface area contributed by atoms with Crippen molar-refractivity contribution in [2.24, 2.45) is 46.3 Å². The number of para-hydroxylation sites is 1.